The van der Waals surface area contributed by atoms with Gasteiger partial charge in [0, 0.05) is 12.5 Å². The van der Waals surface area contributed by atoms with Crippen LogP contribution in [-0.4, -0.2) is 31.3 Å². The first kappa shape index (κ1) is 10.5. The van der Waals surface area contributed by atoms with Crippen molar-refractivity contribution in [1.82, 2.24) is 4.90 Å². The third-order valence-electron chi connectivity index (χ3n) is 2.83. The molecule has 0 aromatic rings. The number of hydrogen-bond acceptors (Lipinski definition) is 2. The van der Waals surface area contributed by atoms with Crippen molar-refractivity contribution in [2.45, 2.75) is 26.7 Å². The number of rotatable bonds is 2. The van der Waals surface area contributed by atoms with E-state index in [-0.39, 0.29) is 5.92 Å². The summed E-state index contributed by atoms with van der Waals surface area (Å²) in [5, 5.41) is 0. The molecule has 2 heteroatoms. The molecule has 0 amide bonds. The monoisotopic (exact) mass is 181 g/mol. The predicted molar refractivity (Wildman–Crippen MR) is 54.7 cm³/mol. The maximum Gasteiger partial charge on any atom is 0.162 e. The molecule has 0 saturated carbocycles. The van der Waals surface area contributed by atoms with E-state index in [1.807, 2.05) is 21.0 Å². The van der Waals surface area contributed by atoms with Crippen LogP contribution in [0.3, 0.4) is 0 Å². The van der Waals surface area contributed by atoms with Crippen LogP contribution < -0.4 is 0 Å². The topological polar surface area (TPSA) is 20.3 Å². The Labute approximate surface area is 80.6 Å². The van der Waals surface area contributed by atoms with E-state index < -0.39 is 0 Å². The minimum atomic E-state index is 0.235. The molecule has 1 unspecified atom stereocenters. The van der Waals surface area contributed by atoms with E-state index >= 15 is 0 Å². The molecular formula is C11H19NO. The lowest BCUT2D eigenvalue weighted by Crippen LogP contribution is -2.31. The Hall–Kier alpha value is -0.630. The summed E-state index contributed by atoms with van der Waals surface area (Å²) in [4.78, 5) is 13.9. The van der Waals surface area contributed by atoms with Crippen molar-refractivity contribution in [3.8, 4) is 0 Å². The minimum absolute atomic E-state index is 0.235. The van der Waals surface area contributed by atoms with E-state index in [2.05, 4.69) is 11.8 Å². The highest BCUT2D eigenvalue weighted by molar-refractivity contribution is 5.98. The quantitative estimate of drug-likeness (QED) is 0.648. The maximum atomic E-state index is 11.8. The molecule has 1 aliphatic carbocycles. The summed E-state index contributed by atoms with van der Waals surface area (Å²) in [6.45, 7) is 4.92. The van der Waals surface area contributed by atoms with Crippen LogP contribution in [0.25, 0.3) is 0 Å². The van der Waals surface area contributed by atoms with Crippen molar-refractivity contribution >= 4 is 5.78 Å². The molecule has 0 aromatic heterocycles. The Kier molecular flexibility index (Phi) is 3.26. The fraction of sp³-hybridized carbons (Fsp3) is 0.727. The normalized spacial score (nSPS) is 24.4. The van der Waals surface area contributed by atoms with Crippen LogP contribution in [-0.2, 0) is 4.79 Å². The van der Waals surface area contributed by atoms with Crippen molar-refractivity contribution in [1.29, 1.82) is 0 Å². The molecule has 0 saturated heterocycles. The summed E-state index contributed by atoms with van der Waals surface area (Å²) < 4.78 is 0. The molecule has 1 rings (SSSR count). The Morgan fingerprint density at radius 3 is 2.54 bits per heavy atom. The second-order valence-electron chi connectivity index (χ2n) is 4.27. The highest BCUT2D eigenvalue weighted by Crippen LogP contribution is 2.26. The van der Waals surface area contributed by atoms with E-state index in [1.54, 1.807) is 0 Å². The van der Waals surface area contributed by atoms with Crippen LogP contribution >= 0.6 is 0 Å². The van der Waals surface area contributed by atoms with Crippen LogP contribution in [0.15, 0.2) is 11.1 Å². The lowest BCUT2D eigenvalue weighted by molar-refractivity contribution is -0.120. The molecule has 0 aliphatic heterocycles. The zero-order valence-electron chi connectivity index (χ0n) is 9.05. The van der Waals surface area contributed by atoms with Gasteiger partial charge in [-0.15, -0.1) is 0 Å². The van der Waals surface area contributed by atoms with Gasteiger partial charge < -0.3 is 4.90 Å². The summed E-state index contributed by atoms with van der Waals surface area (Å²) in [5.74, 6) is 0.594. The Balaban J connectivity index is 2.69. The van der Waals surface area contributed by atoms with Crippen LogP contribution in [0.2, 0.25) is 0 Å². The molecule has 0 bridgehead atoms. The fourth-order valence-electron chi connectivity index (χ4n) is 1.84. The highest BCUT2D eigenvalue weighted by atomic mass is 16.1. The van der Waals surface area contributed by atoms with Gasteiger partial charge in [-0.2, -0.15) is 0 Å². The number of Topliss-reactive ketones (excluding diaryl/α,β-unsaturated/α-hetero) is 1. The molecule has 74 valence electrons. The molecular weight excluding hydrogens is 162 g/mol. The van der Waals surface area contributed by atoms with Crippen molar-refractivity contribution in [2.24, 2.45) is 5.92 Å². The van der Waals surface area contributed by atoms with E-state index in [1.165, 1.54) is 5.57 Å². The van der Waals surface area contributed by atoms with Crippen LogP contribution in [0.1, 0.15) is 26.7 Å². The molecule has 0 spiro atoms. The molecule has 0 heterocycles. The Morgan fingerprint density at radius 2 is 2.00 bits per heavy atom. The molecule has 0 aromatic carbocycles. The van der Waals surface area contributed by atoms with Crippen LogP contribution in [0, 0.1) is 5.92 Å². The van der Waals surface area contributed by atoms with Gasteiger partial charge in [-0.25, -0.2) is 0 Å². The van der Waals surface area contributed by atoms with Crippen LogP contribution in [0.4, 0.5) is 0 Å². The predicted octanol–water partition coefficient (Wildman–Crippen LogP) is 1.86. The van der Waals surface area contributed by atoms with Crippen LogP contribution in [0.5, 0.6) is 0 Å². The SMILES string of the molecule is CC1=C(C)C(=O)C(CN(C)C)CC1. The van der Waals surface area contributed by atoms with Gasteiger partial charge >= 0.3 is 0 Å². The third kappa shape index (κ3) is 2.41. The number of ketones is 1. The Morgan fingerprint density at radius 1 is 1.38 bits per heavy atom. The van der Waals surface area contributed by atoms with Crippen molar-refractivity contribution in [3.05, 3.63) is 11.1 Å². The molecule has 0 fully saturated rings. The second-order valence-corrected chi connectivity index (χ2v) is 4.27. The smallest absolute Gasteiger partial charge is 0.162 e. The first-order chi connectivity index (χ1) is 6.02. The van der Waals surface area contributed by atoms with E-state index in [4.69, 9.17) is 0 Å². The van der Waals surface area contributed by atoms with Gasteiger partial charge in [-0.05, 0) is 46.4 Å². The van der Waals surface area contributed by atoms with Gasteiger partial charge in [0.15, 0.2) is 5.78 Å². The molecule has 0 radical (unpaired) electrons. The summed E-state index contributed by atoms with van der Waals surface area (Å²) in [7, 11) is 4.04. The number of nitrogens with zero attached hydrogens (tertiary/aromatic N) is 1. The molecule has 1 atom stereocenters. The molecule has 1 aliphatic rings. The van der Waals surface area contributed by atoms with Crippen molar-refractivity contribution in [3.63, 3.8) is 0 Å². The zero-order chi connectivity index (χ0) is 10.0. The second kappa shape index (κ2) is 4.05. The summed E-state index contributed by atoms with van der Waals surface area (Å²) >= 11 is 0. The summed E-state index contributed by atoms with van der Waals surface area (Å²) in [5.41, 5.74) is 2.28. The summed E-state index contributed by atoms with van der Waals surface area (Å²) in [6.07, 6.45) is 2.12. The van der Waals surface area contributed by atoms with E-state index in [0.717, 1.165) is 25.0 Å². The standard InChI is InChI=1S/C11H19NO/c1-8-5-6-10(7-12(3)4)11(13)9(8)2/h10H,5-7H2,1-4H3. The third-order valence-corrected chi connectivity index (χ3v) is 2.83. The molecule has 2 nitrogen and oxygen atoms in total. The lowest BCUT2D eigenvalue weighted by Gasteiger charge is -2.25. The van der Waals surface area contributed by atoms with E-state index in [0.29, 0.717) is 5.78 Å². The van der Waals surface area contributed by atoms with Gasteiger partial charge in [0.25, 0.3) is 0 Å². The van der Waals surface area contributed by atoms with Crippen molar-refractivity contribution in [2.75, 3.05) is 20.6 Å². The first-order valence-corrected chi connectivity index (χ1v) is 4.87. The van der Waals surface area contributed by atoms with Gasteiger partial charge in [0.1, 0.15) is 0 Å². The zero-order valence-corrected chi connectivity index (χ0v) is 9.05. The summed E-state index contributed by atoms with van der Waals surface area (Å²) in [6, 6.07) is 0. The average Bonchev–Trinajstić information content (AvgIpc) is 2.06. The van der Waals surface area contributed by atoms with Crippen molar-refractivity contribution < 1.29 is 4.79 Å². The highest BCUT2D eigenvalue weighted by Gasteiger charge is 2.25. The minimum Gasteiger partial charge on any atom is -0.309 e. The molecule has 0 N–H and O–H groups in total. The first-order valence-electron chi connectivity index (χ1n) is 4.87. The van der Waals surface area contributed by atoms with Gasteiger partial charge in [-0.3, -0.25) is 4.79 Å². The lowest BCUT2D eigenvalue weighted by atomic mass is 9.84. The molecule has 13 heavy (non-hydrogen) atoms. The van der Waals surface area contributed by atoms with Gasteiger partial charge in [0.2, 0.25) is 0 Å². The fourth-order valence-corrected chi connectivity index (χ4v) is 1.84. The number of carbonyl (C=O) groups is 1. The van der Waals surface area contributed by atoms with Gasteiger partial charge in [-0.1, -0.05) is 5.57 Å². The Bertz CT molecular complexity index is 240. The average molecular weight is 181 g/mol. The van der Waals surface area contributed by atoms with Gasteiger partial charge in [0.05, 0.1) is 0 Å². The van der Waals surface area contributed by atoms with E-state index in [9.17, 15) is 4.79 Å². The number of hydrogen-bond donors (Lipinski definition) is 0. The maximum absolute atomic E-state index is 11.8. The number of carbonyl (C=O) groups excluding carboxylic acids is 1. The number of allylic oxidation sites excluding steroid dienone is 2. The largest absolute Gasteiger partial charge is 0.309 e.